The number of hydrogen-bond acceptors (Lipinski definition) is 2. The van der Waals surface area contributed by atoms with Gasteiger partial charge >= 0.3 is 0 Å². The van der Waals surface area contributed by atoms with E-state index in [4.69, 9.17) is 0 Å². The average molecular weight is 278 g/mol. The maximum absolute atomic E-state index is 12.8. The van der Waals surface area contributed by atoms with E-state index in [1.54, 1.807) is 24.3 Å². The van der Waals surface area contributed by atoms with E-state index in [-0.39, 0.29) is 18.4 Å². The van der Waals surface area contributed by atoms with Crippen LogP contribution in [0.5, 0.6) is 0 Å². The molecule has 0 saturated carbocycles. The Balaban J connectivity index is 2.30. The van der Waals surface area contributed by atoms with Gasteiger partial charge in [-0.15, -0.1) is 0 Å². The number of benzene rings is 1. The van der Waals surface area contributed by atoms with Gasteiger partial charge in [-0.3, -0.25) is 9.59 Å². The second-order valence-corrected chi connectivity index (χ2v) is 4.88. The first kappa shape index (κ1) is 14.5. The second-order valence-electron chi connectivity index (χ2n) is 4.88. The van der Waals surface area contributed by atoms with Gasteiger partial charge in [0.1, 0.15) is 18.8 Å². The number of alkyl halides is 1. The van der Waals surface area contributed by atoms with Gasteiger partial charge in [-0.1, -0.05) is 43.7 Å². The summed E-state index contributed by atoms with van der Waals surface area (Å²) in [5.74, 6) is -0.430. The molecule has 0 aliphatic carbocycles. The lowest BCUT2D eigenvalue weighted by atomic mass is 9.98. The number of hydrogen-bond donors (Lipinski definition) is 1. The molecule has 2 atom stereocenters. The summed E-state index contributed by atoms with van der Waals surface area (Å²) in [6, 6.07) is 7.75. The van der Waals surface area contributed by atoms with Gasteiger partial charge in [0.25, 0.3) is 0 Å². The van der Waals surface area contributed by atoms with Crippen molar-refractivity contribution in [3.05, 3.63) is 35.9 Å². The molecule has 2 amide bonds. The van der Waals surface area contributed by atoms with E-state index in [0.29, 0.717) is 12.0 Å². The van der Waals surface area contributed by atoms with Crippen LogP contribution in [-0.2, 0) is 9.59 Å². The second kappa shape index (κ2) is 6.50. The Morgan fingerprint density at radius 1 is 1.25 bits per heavy atom. The maximum Gasteiger partial charge on any atom is 0.248 e. The highest BCUT2D eigenvalue weighted by molar-refractivity contribution is 5.97. The highest BCUT2D eigenvalue weighted by atomic mass is 19.1. The normalized spacial score (nSPS) is 22.8. The van der Waals surface area contributed by atoms with Crippen molar-refractivity contribution in [3.8, 4) is 0 Å². The maximum atomic E-state index is 12.8. The van der Waals surface area contributed by atoms with Gasteiger partial charge in [0.2, 0.25) is 11.8 Å². The molecule has 1 aromatic rings. The molecule has 1 aliphatic rings. The van der Waals surface area contributed by atoms with Crippen LogP contribution in [0.1, 0.15) is 31.4 Å². The minimum Gasteiger partial charge on any atom is -0.342 e. The summed E-state index contributed by atoms with van der Waals surface area (Å²) in [6.45, 7) is 1.25. The minimum absolute atomic E-state index is 0.0496. The van der Waals surface area contributed by atoms with Crippen LogP contribution in [0.2, 0.25) is 0 Å². The SMILES string of the molecule is CCCC1NC(=O)C(c2ccccc2)N(CCF)C1=O. The third-order valence-corrected chi connectivity index (χ3v) is 3.48. The van der Waals surface area contributed by atoms with Crippen LogP contribution in [0.3, 0.4) is 0 Å². The highest BCUT2D eigenvalue weighted by Gasteiger charge is 2.40. The summed E-state index contributed by atoms with van der Waals surface area (Å²) < 4.78 is 12.8. The van der Waals surface area contributed by atoms with Crippen molar-refractivity contribution < 1.29 is 14.0 Å². The number of nitrogens with zero attached hydrogens (tertiary/aromatic N) is 1. The Kier molecular flexibility index (Phi) is 4.71. The fourth-order valence-electron chi connectivity index (χ4n) is 2.56. The van der Waals surface area contributed by atoms with Crippen LogP contribution in [0.25, 0.3) is 0 Å². The van der Waals surface area contributed by atoms with E-state index in [1.165, 1.54) is 4.90 Å². The van der Waals surface area contributed by atoms with Gasteiger partial charge in [0.05, 0.1) is 6.54 Å². The fourth-order valence-corrected chi connectivity index (χ4v) is 2.56. The molecule has 1 aromatic carbocycles. The van der Waals surface area contributed by atoms with Crippen LogP contribution in [0.4, 0.5) is 4.39 Å². The van der Waals surface area contributed by atoms with Crippen molar-refractivity contribution in [1.29, 1.82) is 0 Å². The number of halogens is 1. The smallest absolute Gasteiger partial charge is 0.248 e. The zero-order chi connectivity index (χ0) is 14.5. The zero-order valence-electron chi connectivity index (χ0n) is 11.5. The molecule has 1 fully saturated rings. The number of carbonyl (C=O) groups is 2. The van der Waals surface area contributed by atoms with Crippen molar-refractivity contribution in [1.82, 2.24) is 10.2 Å². The molecule has 1 N–H and O–H groups in total. The summed E-state index contributed by atoms with van der Waals surface area (Å²) in [5, 5.41) is 2.75. The van der Waals surface area contributed by atoms with Crippen molar-refractivity contribution in [3.63, 3.8) is 0 Å². The van der Waals surface area contributed by atoms with Gasteiger partial charge in [0, 0.05) is 0 Å². The lowest BCUT2D eigenvalue weighted by Crippen LogP contribution is -2.59. The average Bonchev–Trinajstić information content (AvgIpc) is 2.45. The molecular formula is C15H19FN2O2. The molecule has 0 bridgehead atoms. The molecule has 1 heterocycles. The summed E-state index contributed by atoms with van der Waals surface area (Å²) in [7, 11) is 0. The van der Waals surface area contributed by atoms with Crippen molar-refractivity contribution in [2.45, 2.75) is 31.8 Å². The third-order valence-electron chi connectivity index (χ3n) is 3.48. The quantitative estimate of drug-likeness (QED) is 0.893. The molecule has 2 rings (SSSR count). The van der Waals surface area contributed by atoms with Crippen LogP contribution in [0.15, 0.2) is 30.3 Å². The number of carbonyl (C=O) groups excluding carboxylic acids is 2. The van der Waals surface area contributed by atoms with Gasteiger partial charge in [-0.05, 0) is 12.0 Å². The molecule has 1 aliphatic heterocycles. The van der Waals surface area contributed by atoms with E-state index in [1.807, 2.05) is 13.0 Å². The van der Waals surface area contributed by atoms with Crippen LogP contribution in [-0.4, -0.2) is 36.0 Å². The Hall–Kier alpha value is -1.91. The lowest BCUT2D eigenvalue weighted by molar-refractivity contribution is -0.150. The van der Waals surface area contributed by atoms with Gasteiger partial charge in [-0.25, -0.2) is 4.39 Å². The minimum atomic E-state index is -0.729. The van der Waals surface area contributed by atoms with E-state index < -0.39 is 18.8 Å². The Morgan fingerprint density at radius 2 is 1.95 bits per heavy atom. The van der Waals surface area contributed by atoms with E-state index in [2.05, 4.69) is 5.32 Å². The summed E-state index contributed by atoms with van der Waals surface area (Å²) in [6.07, 6.45) is 1.37. The first-order chi connectivity index (χ1) is 9.69. The van der Waals surface area contributed by atoms with Gasteiger partial charge < -0.3 is 10.2 Å². The molecule has 4 nitrogen and oxygen atoms in total. The first-order valence-corrected chi connectivity index (χ1v) is 6.90. The monoisotopic (exact) mass is 278 g/mol. The van der Waals surface area contributed by atoms with E-state index >= 15 is 0 Å². The Morgan fingerprint density at radius 3 is 2.55 bits per heavy atom. The third kappa shape index (κ3) is 2.81. The summed E-state index contributed by atoms with van der Waals surface area (Å²) >= 11 is 0. The van der Waals surface area contributed by atoms with Crippen molar-refractivity contribution >= 4 is 11.8 Å². The molecule has 1 saturated heterocycles. The van der Waals surface area contributed by atoms with Crippen molar-refractivity contribution in [2.24, 2.45) is 0 Å². The van der Waals surface area contributed by atoms with Gasteiger partial charge in [0.15, 0.2) is 0 Å². The molecular weight excluding hydrogens is 259 g/mol. The van der Waals surface area contributed by atoms with Crippen LogP contribution in [0, 0.1) is 0 Å². The van der Waals surface area contributed by atoms with Crippen molar-refractivity contribution in [2.75, 3.05) is 13.2 Å². The molecule has 0 radical (unpaired) electrons. The van der Waals surface area contributed by atoms with Crippen LogP contribution < -0.4 is 5.32 Å². The number of nitrogens with one attached hydrogen (secondary N) is 1. The van der Waals surface area contributed by atoms with E-state index in [0.717, 1.165) is 6.42 Å². The highest BCUT2D eigenvalue weighted by Crippen LogP contribution is 2.26. The Bertz CT molecular complexity index is 478. The molecule has 2 unspecified atom stereocenters. The molecule has 5 heteroatoms. The first-order valence-electron chi connectivity index (χ1n) is 6.90. The largest absolute Gasteiger partial charge is 0.342 e. The standard InChI is InChI=1S/C15H19FN2O2/c1-2-6-12-15(20)18(10-9-16)13(14(19)17-12)11-7-4-3-5-8-11/h3-5,7-8,12-13H,2,6,9-10H2,1H3,(H,17,19). The topological polar surface area (TPSA) is 49.4 Å². The predicted octanol–water partition coefficient (Wildman–Crippen LogP) is 1.82. The number of rotatable bonds is 5. The molecule has 0 spiro atoms. The zero-order valence-corrected chi connectivity index (χ0v) is 11.5. The van der Waals surface area contributed by atoms with E-state index in [9.17, 15) is 14.0 Å². The summed E-state index contributed by atoms with van der Waals surface area (Å²) in [4.78, 5) is 26.0. The summed E-state index contributed by atoms with van der Waals surface area (Å²) in [5.41, 5.74) is 0.710. The number of amides is 2. The van der Waals surface area contributed by atoms with Crippen LogP contribution >= 0.6 is 0 Å². The number of piperazine rings is 1. The Labute approximate surface area is 118 Å². The molecule has 20 heavy (non-hydrogen) atoms. The molecule has 108 valence electrons. The molecule has 0 aromatic heterocycles. The fraction of sp³-hybridized carbons (Fsp3) is 0.467. The van der Waals surface area contributed by atoms with Gasteiger partial charge in [-0.2, -0.15) is 0 Å². The predicted molar refractivity (Wildman–Crippen MR) is 73.7 cm³/mol. The lowest BCUT2D eigenvalue weighted by Gasteiger charge is -2.38.